The number of carbonyl (C=O) groups is 1. The van der Waals surface area contributed by atoms with Gasteiger partial charge in [0, 0.05) is 11.6 Å². The first kappa shape index (κ1) is 14.9. The molecule has 1 amide bonds. The van der Waals surface area contributed by atoms with E-state index in [0.717, 1.165) is 35.9 Å². The van der Waals surface area contributed by atoms with Gasteiger partial charge < -0.3 is 4.90 Å². The molecular formula is C17H23ClN2O. The van der Waals surface area contributed by atoms with Crippen LogP contribution in [0.4, 0.5) is 0 Å². The molecule has 3 rings (SSSR count). The van der Waals surface area contributed by atoms with Crippen molar-refractivity contribution in [3.63, 3.8) is 0 Å². The molecule has 2 unspecified atom stereocenters. The average Bonchev–Trinajstić information content (AvgIpc) is 3.25. The number of nitrogens with zero attached hydrogens (tertiary/aromatic N) is 1. The number of halogens is 1. The fourth-order valence-corrected chi connectivity index (χ4v) is 3.22. The standard InChI is InChI=1S/C17H23ClN2O/c1-2-15-17(21)20(11-3-4-12-5-6-12)16(19-15)13-7-9-14(18)10-8-13/h7-10,12,15-16,19H,2-6,11H2,1H3. The lowest BCUT2D eigenvalue weighted by Crippen LogP contribution is -2.32. The van der Waals surface area contributed by atoms with E-state index in [1.807, 2.05) is 29.2 Å². The van der Waals surface area contributed by atoms with Crippen LogP contribution in [0.2, 0.25) is 5.02 Å². The van der Waals surface area contributed by atoms with Crippen LogP contribution in [0.3, 0.4) is 0 Å². The number of hydrogen-bond donors (Lipinski definition) is 1. The van der Waals surface area contributed by atoms with Gasteiger partial charge in [-0.25, -0.2) is 0 Å². The molecule has 0 aromatic heterocycles. The van der Waals surface area contributed by atoms with E-state index in [2.05, 4.69) is 12.2 Å². The van der Waals surface area contributed by atoms with Gasteiger partial charge in [0.1, 0.15) is 6.17 Å². The van der Waals surface area contributed by atoms with Crippen molar-refractivity contribution in [1.82, 2.24) is 10.2 Å². The highest BCUT2D eigenvalue weighted by Crippen LogP contribution is 2.34. The second-order valence-corrected chi connectivity index (χ2v) is 6.64. The average molecular weight is 307 g/mol. The molecule has 1 saturated carbocycles. The maximum absolute atomic E-state index is 12.5. The van der Waals surface area contributed by atoms with Crippen molar-refractivity contribution in [3.8, 4) is 0 Å². The number of carbonyl (C=O) groups excluding carboxylic acids is 1. The summed E-state index contributed by atoms with van der Waals surface area (Å²) < 4.78 is 0. The van der Waals surface area contributed by atoms with Crippen LogP contribution in [0.15, 0.2) is 24.3 Å². The van der Waals surface area contributed by atoms with E-state index in [-0.39, 0.29) is 18.1 Å². The Bertz CT molecular complexity index is 498. The molecule has 0 spiro atoms. The van der Waals surface area contributed by atoms with E-state index in [9.17, 15) is 4.79 Å². The van der Waals surface area contributed by atoms with Gasteiger partial charge in [-0.15, -0.1) is 0 Å². The zero-order valence-electron chi connectivity index (χ0n) is 12.5. The molecule has 1 aliphatic carbocycles. The third-order valence-corrected chi connectivity index (χ3v) is 4.81. The van der Waals surface area contributed by atoms with Crippen LogP contribution in [-0.2, 0) is 4.79 Å². The van der Waals surface area contributed by atoms with Crippen molar-refractivity contribution in [1.29, 1.82) is 0 Å². The van der Waals surface area contributed by atoms with Crippen LogP contribution >= 0.6 is 11.6 Å². The van der Waals surface area contributed by atoms with E-state index in [4.69, 9.17) is 11.6 Å². The monoisotopic (exact) mass is 306 g/mol. The largest absolute Gasteiger partial charge is 0.322 e. The van der Waals surface area contributed by atoms with Crippen LogP contribution in [0.25, 0.3) is 0 Å². The Kier molecular flexibility index (Phi) is 4.51. The van der Waals surface area contributed by atoms with Crippen molar-refractivity contribution in [2.24, 2.45) is 5.92 Å². The highest BCUT2D eigenvalue weighted by molar-refractivity contribution is 6.30. The normalized spacial score (nSPS) is 25.6. The first-order valence-electron chi connectivity index (χ1n) is 8.01. The second-order valence-electron chi connectivity index (χ2n) is 6.20. The lowest BCUT2D eigenvalue weighted by Gasteiger charge is -2.24. The Labute approximate surface area is 131 Å². The molecule has 3 nitrogen and oxygen atoms in total. The summed E-state index contributed by atoms with van der Waals surface area (Å²) in [4.78, 5) is 14.5. The summed E-state index contributed by atoms with van der Waals surface area (Å²) in [5, 5.41) is 4.20. The smallest absolute Gasteiger partial charge is 0.241 e. The Balaban J connectivity index is 1.71. The van der Waals surface area contributed by atoms with Crippen molar-refractivity contribution >= 4 is 17.5 Å². The number of amides is 1. The van der Waals surface area contributed by atoms with Crippen LogP contribution in [0.1, 0.15) is 50.8 Å². The Morgan fingerprint density at radius 3 is 2.62 bits per heavy atom. The van der Waals surface area contributed by atoms with Crippen LogP contribution in [0, 0.1) is 5.92 Å². The van der Waals surface area contributed by atoms with Gasteiger partial charge >= 0.3 is 0 Å². The van der Waals surface area contributed by atoms with Gasteiger partial charge in [0.05, 0.1) is 6.04 Å². The second kappa shape index (κ2) is 6.37. The minimum Gasteiger partial charge on any atom is -0.322 e. The molecule has 1 N–H and O–H groups in total. The Morgan fingerprint density at radius 1 is 1.29 bits per heavy atom. The fourth-order valence-electron chi connectivity index (χ4n) is 3.09. The van der Waals surface area contributed by atoms with Gasteiger partial charge in [0.25, 0.3) is 0 Å². The first-order chi connectivity index (χ1) is 10.2. The van der Waals surface area contributed by atoms with E-state index >= 15 is 0 Å². The molecule has 114 valence electrons. The summed E-state index contributed by atoms with van der Waals surface area (Å²) in [7, 11) is 0. The van der Waals surface area contributed by atoms with E-state index < -0.39 is 0 Å². The van der Waals surface area contributed by atoms with Crippen molar-refractivity contribution < 1.29 is 4.79 Å². The number of rotatable bonds is 6. The Hall–Kier alpha value is -1.06. The molecule has 0 bridgehead atoms. The summed E-state index contributed by atoms with van der Waals surface area (Å²) in [6.07, 6.45) is 5.96. The minimum absolute atomic E-state index is 0.00100. The molecule has 4 heteroatoms. The van der Waals surface area contributed by atoms with Gasteiger partial charge in [0.2, 0.25) is 5.91 Å². The summed E-state index contributed by atoms with van der Waals surface area (Å²) >= 11 is 5.96. The summed E-state index contributed by atoms with van der Waals surface area (Å²) in [6.45, 7) is 2.91. The topological polar surface area (TPSA) is 32.3 Å². The molecule has 0 radical (unpaired) electrons. The fraction of sp³-hybridized carbons (Fsp3) is 0.588. The zero-order valence-corrected chi connectivity index (χ0v) is 13.3. The molecule has 2 aliphatic rings. The third-order valence-electron chi connectivity index (χ3n) is 4.55. The summed E-state index contributed by atoms with van der Waals surface area (Å²) in [5.41, 5.74) is 1.12. The molecule has 1 aliphatic heterocycles. The van der Waals surface area contributed by atoms with E-state index in [1.54, 1.807) is 0 Å². The van der Waals surface area contributed by atoms with Gasteiger partial charge in [-0.2, -0.15) is 0 Å². The third kappa shape index (κ3) is 3.41. The van der Waals surface area contributed by atoms with Gasteiger partial charge in [-0.05, 0) is 42.9 Å². The van der Waals surface area contributed by atoms with Gasteiger partial charge in [0.15, 0.2) is 0 Å². The highest BCUT2D eigenvalue weighted by Gasteiger charge is 2.38. The van der Waals surface area contributed by atoms with E-state index in [1.165, 1.54) is 19.3 Å². The number of benzene rings is 1. The van der Waals surface area contributed by atoms with Crippen LogP contribution < -0.4 is 5.32 Å². The summed E-state index contributed by atoms with van der Waals surface area (Å²) in [6, 6.07) is 7.76. The lowest BCUT2D eigenvalue weighted by atomic mass is 10.1. The van der Waals surface area contributed by atoms with Crippen molar-refractivity contribution in [2.45, 2.75) is 51.2 Å². The van der Waals surface area contributed by atoms with Gasteiger partial charge in [-0.1, -0.05) is 43.5 Å². The van der Waals surface area contributed by atoms with Crippen molar-refractivity contribution in [3.05, 3.63) is 34.9 Å². The van der Waals surface area contributed by atoms with Crippen molar-refractivity contribution in [2.75, 3.05) is 6.54 Å². The van der Waals surface area contributed by atoms with E-state index in [0.29, 0.717) is 0 Å². The van der Waals surface area contributed by atoms with Gasteiger partial charge in [-0.3, -0.25) is 10.1 Å². The number of hydrogen-bond acceptors (Lipinski definition) is 2. The Morgan fingerprint density at radius 2 is 2.00 bits per heavy atom. The molecule has 1 aromatic rings. The molecule has 2 atom stereocenters. The predicted molar refractivity (Wildman–Crippen MR) is 85.1 cm³/mol. The number of nitrogens with one attached hydrogen (secondary N) is 1. The van der Waals surface area contributed by atoms with Crippen LogP contribution in [0.5, 0.6) is 0 Å². The predicted octanol–water partition coefficient (Wildman–Crippen LogP) is 3.74. The molecule has 1 aromatic carbocycles. The maximum atomic E-state index is 12.5. The quantitative estimate of drug-likeness (QED) is 0.868. The van der Waals surface area contributed by atoms with Crippen LogP contribution in [-0.4, -0.2) is 23.4 Å². The minimum atomic E-state index is -0.0494. The molecule has 1 saturated heterocycles. The molecule has 2 fully saturated rings. The SMILES string of the molecule is CCC1NC(c2ccc(Cl)cc2)N(CCCC2CC2)C1=O. The maximum Gasteiger partial charge on any atom is 0.241 e. The first-order valence-corrected chi connectivity index (χ1v) is 8.39. The molecular weight excluding hydrogens is 284 g/mol. The lowest BCUT2D eigenvalue weighted by molar-refractivity contribution is -0.130. The molecule has 21 heavy (non-hydrogen) atoms. The molecule has 1 heterocycles. The highest BCUT2D eigenvalue weighted by atomic mass is 35.5. The zero-order chi connectivity index (χ0) is 14.8. The summed E-state index contributed by atoms with van der Waals surface area (Å²) in [5.74, 6) is 1.17.